The van der Waals surface area contributed by atoms with Crippen LogP contribution in [-0.4, -0.2) is 66.3 Å². The summed E-state index contributed by atoms with van der Waals surface area (Å²) >= 11 is 0. The minimum Gasteiger partial charge on any atom is -0.457 e. The van der Waals surface area contributed by atoms with Crippen LogP contribution in [0.2, 0.25) is 0 Å². The first-order chi connectivity index (χ1) is 30.3. The van der Waals surface area contributed by atoms with Crippen LogP contribution in [0.1, 0.15) is 142 Å². The van der Waals surface area contributed by atoms with Gasteiger partial charge in [0.25, 0.3) is 0 Å². The molecule has 3 atom stereocenters. The smallest absolute Gasteiger partial charge is 0.457 e. The molecule has 0 heterocycles. The van der Waals surface area contributed by atoms with E-state index in [9.17, 15) is 19.4 Å². The highest BCUT2D eigenvalue weighted by Gasteiger charge is 2.26. The van der Waals surface area contributed by atoms with E-state index in [-0.39, 0.29) is 13.0 Å². The summed E-state index contributed by atoms with van der Waals surface area (Å²) in [7, 11) is -4.55. The normalized spacial score (nSPS) is 15.1. The summed E-state index contributed by atoms with van der Waals surface area (Å²) in [4.78, 5) is 22.6. The van der Waals surface area contributed by atoms with Gasteiger partial charge < -0.3 is 24.6 Å². The molecule has 0 saturated heterocycles. The molecule has 0 aliphatic heterocycles. The maximum atomic E-state index is 12.6. The average Bonchev–Trinajstić information content (AvgIpc) is 3.26. The summed E-state index contributed by atoms with van der Waals surface area (Å²) in [6.45, 7) is 3.11. The topological polar surface area (TPSA) is 132 Å². The van der Waals surface area contributed by atoms with Crippen LogP contribution in [0.25, 0.3) is 0 Å². The van der Waals surface area contributed by atoms with E-state index in [0.717, 1.165) is 116 Å². The van der Waals surface area contributed by atoms with Crippen LogP contribution in [0.5, 0.6) is 0 Å². The fourth-order valence-corrected chi connectivity index (χ4v) is 6.17. The highest BCUT2D eigenvalue weighted by molar-refractivity contribution is 7.47. The van der Waals surface area contributed by atoms with Gasteiger partial charge in [-0.05, 0) is 109 Å². The number of phosphoric acid groups is 1. The van der Waals surface area contributed by atoms with Gasteiger partial charge in [0.1, 0.15) is 12.2 Å². The Morgan fingerprint density at radius 1 is 0.500 bits per heavy atom. The van der Waals surface area contributed by atoms with Crippen molar-refractivity contribution in [3.05, 3.63) is 134 Å². The van der Waals surface area contributed by atoms with Gasteiger partial charge >= 0.3 is 13.8 Å². The van der Waals surface area contributed by atoms with E-state index in [1.54, 1.807) is 0 Å². The van der Waals surface area contributed by atoms with Gasteiger partial charge in [-0.25, -0.2) is 4.57 Å². The molecular formula is C52H83O9P. The van der Waals surface area contributed by atoms with Gasteiger partial charge in [0.2, 0.25) is 0 Å². The molecule has 3 unspecified atom stereocenters. The van der Waals surface area contributed by atoms with Crippen molar-refractivity contribution in [2.24, 2.45) is 0 Å². The average molecular weight is 883 g/mol. The second-order valence-electron chi connectivity index (χ2n) is 14.7. The van der Waals surface area contributed by atoms with E-state index in [0.29, 0.717) is 13.0 Å². The zero-order valence-electron chi connectivity index (χ0n) is 38.3. The number of carbonyl (C=O) groups excluding carboxylic acids is 1. The summed E-state index contributed by atoms with van der Waals surface area (Å²) in [6, 6.07) is 0. The zero-order chi connectivity index (χ0) is 45.3. The summed E-state index contributed by atoms with van der Waals surface area (Å²) in [5, 5.41) is 18.4. The number of hydrogen-bond donors (Lipinski definition) is 3. The number of hydrogen-bond acceptors (Lipinski definition) is 8. The summed E-state index contributed by atoms with van der Waals surface area (Å²) < 4.78 is 33.4. The molecule has 9 nitrogen and oxygen atoms in total. The van der Waals surface area contributed by atoms with E-state index < -0.39 is 45.8 Å². The predicted molar refractivity (Wildman–Crippen MR) is 260 cm³/mol. The molecule has 3 N–H and O–H groups in total. The van der Waals surface area contributed by atoms with Crippen molar-refractivity contribution in [2.45, 2.75) is 154 Å². The Balaban J connectivity index is 4.32. The van der Waals surface area contributed by atoms with Gasteiger partial charge in [-0.15, -0.1) is 0 Å². The van der Waals surface area contributed by atoms with Gasteiger partial charge in [-0.3, -0.25) is 13.8 Å². The van der Waals surface area contributed by atoms with Crippen molar-refractivity contribution in [1.29, 1.82) is 0 Å². The minimum atomic E-state index is -4.55. The van der Waals surface area contributed by atoms with E-state index in [1.807, 2.05) is 0 Å². The number of allylic oxidation sites excluding steroid dienone is 22. The molecule has 0 fully saturated rings. The predicted octanol–water partition coefficient (Wildman–Crippen LogP) is 13.4. The molecule has 0 spiro atoms. The molecule has 0 bridgehead atoms. The fourth-order valence-electron chi connectivity index (χ4n) is 5.38. The zero-order valence-corrected chi connectivity index (χ0v) is 39.2. The van der Waals surface area contributed by atoms with Crippen molar-refractivity contribution in [3.63, 3.8) is 0 Å². The third-order valence-corrected chi connectivity index (χ3v) is 9.78. The highest BCUT2D eigenvalue weighted by Crippen LogP contribution is 2.43. The first kappa shape index (κ1) is 58.6. The number of unbranched alkanes of at least 4 members (excludes halogenated alkanes) is 6. The molecule has 0 aromatic rings. The Labute approximate surface area is 376 Å². The maximum absolute atomic E-state index is 12.6. The van der Waals surface area contributed by atoms with Crippen molar-refractivity contribution in [1.82, 2.24) is 0 Å². The van der Waals surface area contributed by atoms with E-state index in [4.69, 9.17) is 23.6 Å². The van der Waals surface area contributed by atoms with Crippen LogP contribution in [0.3, 0.4) is 0 Å². The molecule has 0 aromatic heterocycles. The van der Waals surface area contributed by atoms with E-state index in [1.165, 1.54) is 0 Å². The fraction of sp³-hybridized carbons (Fsp3) is 0.558. The lowest BCUT2D eigenvalue weighted by Gasteiger charge is -2.20. The lowest BCUT2D eigenvalue weighted by molar-refractivity contribution is -0.154. The minimum absolute atomic E-state index is 0.00221. The SMILES string of the molecule is CC/C=C\C/C=C\C/C=C\C/C=C\C/C=C\C/C=C\CCCCCOCC(COP(=O)(O)OCC(O)CO)OC(=O)CCCCC/C=C\C/C=C\C/C=C\C/C=C\C/C=C\CC. The second kappa shape index (κ2) is 47.1. The molecule has 0 saturated carbocycles. The summed E-state index contributed by atoms with van der Waals surface area (Å²) in [6.07, 6.45) is 64.1. The second-order valence-corrected chi connectivity index (χ2v) is 16.1. The van der Waals surface area contributed by atoms with Crippen molar-refractivity contribution in [3.8, 4) is 0 Å². The lowest BCUT2D eigenvalue weighted by atomic mass is 10.1. The number of phosphoric ester groups is 1. The molecule has 350 valence electrons. The number of rotatable bonds is 42. The number of ether oxygens (including phenoxy) is 2. The highest BCUT2D eigenvalue weighted by atomic mass is 31.2. The van der Waals surface area contributed by atoms with Gasteiger partial charge in [0, 0.05) is 13.0 Å². The third-order valence-electron chi connectivity index (χ3n) is 8.83. The summed E-state index contributed by atoms with van der Waals surface area (Å²) in [5.74, 6) is -0.433. The molecule has 0 aromatic carbocycles. The van der Waals surface area contributed by atoms with Crippen molar-refractivity contribution >= 4 is 13.8 Å². The van der Waals surface area contributed by atoms with Crippen LogP contribution in [-0.2, 0) is 27.9 Å². The Morgan fingerprint density at radius 2 is 0.871 bits per heavy atom. The molecular weight excluding hydrogens is 800 g/mol. The van der Waals surface area contributed by atoms with Crippen molar-refractivity contribution < 1.29 is 43.0 Å². The van der Waals surface area contributed by atoms with Crippen LogP contribution < -0.4 is 0 Å². The third kappa shape index (κ3) is 46.1. The van der Waals surface area contributed by atoms with Gasteiger partial charge in [-0.2, -0.15) is 0 Å². The Hall–Kier alpha value is -3.40. The van der Waals surface area contributed by atoms with Gasteiger partial charge in [-0.1, -0.05) is 160 Å². The van der Waals surface area contributed by atoms with Gasteiger partial charge in [0.05, 0.1) is 26.4 Å². The molecule has 62 heavy (non-hydrogen) atoms. The van der Waals surface area contributed by atoms with Crippen molar-refractivity contribution in [2.75, 3.05) is 33.0 Å². The lowest BCUT2D eigenvalue weighted by Crippen LogP contribution is -2.29. The first-order valence-corrected chi connectivity index (χ1v) is 24.7. The maximum Gasteiger partial charge on any atom is 0.472 e. The van der Waals surface area contributed by atoms with E-state index >= 15 is 0 Å². The number of carbonyl (C=O) groups is 1. The quantitative estimate of drug-likeness (QED) is 0.0237. The Morgan fingerprint density at radius 3 is 1.27 bits per heavy atom. The van der Waals surface area contributed by atoms with Crippen LogP contribution in [0.15, 0.2) is 134 Å². The van der Waals surface area contributed by atoms with Gasteiger partial charge in [0.15, 0.2) is 0 Å². The first-order valence-electron chi connectivity index (χ1n) is 23.2. The van der Waals surface area contributed by atoms with Crippen LogP contribution >= 0.6 is 7.82 Å². The number of aliphatic hydroxyl groups excluding tert-OH is 2. The molecule has 0 rings (SSSR count). The number of aliphatic hydroxyl groups is 2. The summed E-state index contributed by atoms with van der Waals surface area (Å²) in [5.41, 5.74) is 0. The Kier molecular flexibility index (Phi) is 44.5. The monoisotopic (exact) mass is 883 g/mol. The molecule has 10 heteroatoms. The standard InChI is InChI=1S/C52H83O9P/c1-3-5-7-9-11-13-15-17-19-21-23-24-25-27-29-31-33-35-37-39-41-43-45-58-48-51(49-60-62(56,57)59-47-50(54)46-53)61-52(55)44-42-40-38-36-34-32-30-28-26-22-20-18-16-14-12-10-8-6-4-2/h5-8,11-14,17-20,23-24,26-29,32-35,50-51,53-54H,3-4,9-10,15-16,21-22,25,30-31,36-49H2,1-2H3,(H,56,57)/b7-5-,8-6-,13-11-,14-12-,19-17-,20-18-,24-23-,28-26-,29-27-,34-32-,35-33-. The van der Waals surface area contributed by atoms with E-state index in [2.05, 4.69) is 148 Å². The van der Waals surface area contributed by atoms with Crippen LogP contribution in [0, 0.1) is 0 Å². The van der Waals surface area contributed by atoms with Crippen LogP contribution in [0.4, 0.5) is 0 Å². The molecule has 0 amide bonds. The molecule has 0 aliphatic carbocycles. The largest absolute Gasteiger partial charge is 0.472 e. The molecule has 0 aliphatic rings. The molecule has 0 radical (unpaired) electrons. The number of esters is 1. The Bertz CT molecular complexity index is 1420.